The first-order valence-corrected chi connectivity index (χ1v) is 34.4. The summed E-state index contributed by atoms with van der Waals surface area (Å²) in [6.07, 6.45) is 87.8. The van der Waals surface area contributed by atoms with E-state index in [0.717, 1.165) is 96.3 Å². The molecule has 1 atom stereocenters. The Morgan fingerprint density at radius 2 is 0.494 bits per heavy atom. The minimum atomic E-state index is -0.772. The molecule has 6 nitrogen and oxygen atoms in total. The van der Waals surface area contributed by atoms with Crippen molar-refractivity contribution in [1.29, 1.82) is 0 Å². The Hall–Kier alpha value is -3.15. The van der Waals surface area contributed by atoms with Crippen molar-refractivity contribution in [3.63, 3.8) is 0 Å². The van der Waals surface area contributed by atoms with Gasteiger partial charge in [0.25, 0.3) is 0 Å². The molecule has 0 N–H and O–H groups in total. The molecule has 0 saturated heterocycles. The van der Waals surface area contributed by atoms with Crippen LogP contribution in [-0.2, 0) is 28.6 Å². The number of hydrogen-bond acceptors (Lipinski definition) is 6. The van der Waals surface area contributed by atoms with E-state index < -0.39 is 6.10 Å². The Labute approximate surface area is 491 Å². The van der Waals surface area contributed by atoms with Gasteiger partial charge in [0.2, 0.25) is 0 Å². The fraction of sp³-hybridized carbons (Fsp3) is 0.795. The summed E-state index contributed by atoms with van der Waals surface area (Å²) in [4.78, 5) is 38.4. The molecule has 0 rings (SSSR count). The van der Waals surface area contributed by atoms with Gasteiger partial charge < -0.3 is 14.2 Å². The fourth-order valence-electron chi connectivity index (χ4n) is 10.1. The number of allylic oxidation sites excluding steroid dienone is 12. The smallest absolute Gasteiger partial charge is 0.306 e. The van der Waals surface area contributed by atoms with Gasteiger partial charge in [-0.25, -0.2) is 0 Å². The van der Waals surface area contributed by atoms with Crippen LogP contribution < -0.4 is 0 Å². The first-order chi connectivity index (χ1) is 39.0. The van der Waals surface area contributed by atoms with Crippen LogP contribution in [-0.4, -0.2) is 37.2 Å². The lowest BCUT2D eigenvalue weighted by molar-refractivity contribution is -0.167. The minimum Gasteiger partial charge on any atom is -0.462 e. The van der Waals surface area contributed by atoms with Gasteiger partial charge in [0, 0.05) is 19.3 Å². The molecule has 0 radical (unpaired) electrons. The van der Waals surface area contributed by atoms with Crippen molar-refractivity contribution in [1.82, 2.24) is 0 Å². The SMILES string of the molecule is CC/C=C\C/C=C\C/C=C\C/C=C\C/C=C\C/C=C\CCCCCCCCCCCCCCC(=O)OCC(COC(=O)CCCCCCCCCCCCCCCCC)OC(=O)CCCCCCCCCCCCCCCCC. The quantitative estimate of drug-likeness (QED) is 0.0261. The molecule has 0 aromatic carbocycles. The summed E-state index contributed by atoms with van der Waals surface area (Å²) < 4.78 is 17.0. The van der Waals surface area contributed by atoms with Crippen molar-refractivity contribution < 1.29 is 28.6 Å². The molecule has 0 heterocycles. The predicted molar refractivity (Wildman–Crippen MR) is 344 cm³/mol. The second-order valence-electron chi connectivity index (χ2n) is 23.1. The monoisotopic (exact) mass is 1100 g/mol. The van der Waals surface area contributed by atoms with Crippen molar-refractivity contribution in [3.05, 3.63) is 72.9 Å². The molecule has 458 valence electrons. The first-order valence-electron chi connectivity index (χ1n) is 34.4. The van der Waals surface area contributed by atoms with E-state index in [2.05, 4.69) is 93.7 Å². The summed E-state index contributed by atoms with van der Waals surface area (Å²) >= 11 is 0. The Balaban J connectivity index is 4.21. The fourth-order valence-corrected chi connectivity index (χ4v) is 10.1. The molecule has 0 aromatic heterocycles. The molecule has 0 aliphatic rings. The van der Waals surface area contributed by atoms with Crippen LogP contribution in [0.3, 0.4) is 0 Å². The summed E-state index contributed by atoms with van der Waals surface area (Å²) in [5.74, 6) is -0.847. The van der Waals surface area contributed by atoms with E-state index in [1.807, 2.05) is 0 Å². The zero-order valence-electron chi connectivity index (χ0n) is 52.6. The third kappa shape index (κ3) is 65.5. The lowest BCUT2D eigenvalue weighted by Crippen LogP contribution is -2.30. The number of hydrogen-bond donors (Lipinski definition) is 0. The molecule has 0 aromatic rings. The van der Waals surface area contributed by atoms with Crippen LogP contribution >= 0.6 is 0 Å². The maximum Gasteiger partial charge on any atom is 0.306 e. The highest BCUT2D eigenvalue weighted by Crippen LogP contribution is 2.18. The Bertz CT molecular complexity index is 1450. The average Bonchev–Trinajstić information content (AvgIpc) is 3.45. The van der Waals surface area contributed by atoms with E-state index >= 15 is 0 Å². The van der Waals surface area contributed by atoms with Crippen molar-refractivity contribution >= 4 is 17.9 Å². The summed E-state index contributed by atoms with van der Waals surface area (Å²) in [6, 6.07) is 0. The third-order valence-electron chi connectivity index (χ3n) is 15.2. The number of esters is 3. The Kier molecular flexibility index (Phi) is 64.7. The largest absolute Gasteiger partial charge is 0.462 e. The van der Waals surface area contributed by atoms with E-state index in [1.54, 1.807) is 0 Å². The molecule has 0 fully saturated rings. The highest BCUT2D eigenvalue weighted by Gasteiger charge is 2.19. The van der Waals surface area contributed by atoms with Gasteiger partial charge in [0.15, 0.2) is 6.10 Å². The van der Waals surface area contributed by atoms with Crippen molar-refractivity contribution in [2.45, 2.75) is 361 Å². The molecule has 0 aliphatic carbocycles. The lowest BCUT2D eigenvalue weighted by atomic mass is 10.0. The minimum absolute atomic E-state index is 0.0689. The third-order valence-corrected chi connectivity index (χ3v) is 15.2. The Morgan fingerprint density at radius 3 is 0.772 bits per heavy atom. The Morgan fingerprint density at radius 1 is 0.266 bits per heavy atom. The van der Waals surface area contributed by atoms with Gasteiger partial charge in [0.1, 0.15) is 13.2 Å². The predicted octanol–water partition coefficient (Wildman–Crippen LogP) is 23.7. The van der Waals surface area contributed by atoms with Crippen LogP contribution in [0.4, 0.5) is 0 Å². The zero-order valence-corrected chi connectivity index (χ0v) is 52.6. The van der Waals surface area contributed by atoms with Crippen LogP contribution in [0.5, 0.6) is 0 Å². The molecular weight excluding hydrogens is 973 g/mol. The standard InChI is InChI=1S/C73H130O6/c1-4-7-10-13-16-19-22-25-28-29-30-31-32-33-34-35-36-37-38-39-40-41-42-43-46-48-51-54-57-60-63-66-72(75)78-69-70(79-73(76)67-64-61-58-55-52-49-45-27-24-21-18-15-12-9-6-3)68-77-71(74)65-62-59-56-53-50-47-44-26-23-20-17-14-11-8-5-2/h7,10,16,19,25,28,30-31,33-34,36-37,70H,4-6,8-9,11-15,17-18,20-24,26-27,29,32,35,38-69H2,1-3H3/b10-7-,19-16-,28-25-,31-30-,34-33-,37-36-. The topological polar surface area (TPSA) is 78.9 Å². The van der Waals surface area contributed by atoms with Crippen molar-refractivity contribution in [2.24, 2.45) is 0 Å². The van der Waals surface area contributed by atoms with Gasteiger partial charge in [-0.15, -0.1) is 0 Å². The molecule has 0 saturated carbocycles. The van der Waals surface area contributed by atoms with Crippen LogP contribution in [0.2, 0.25) is 0 Å². The highest BCUT2D eigenvalue weighted by atomic mass is 16.6. The number of rotatable bonds is 63. The number of carbonyl (C=O) groups excluding carboxylic acids is 3. The van der Waals surface area contributed by atoms with Crippen LogP contribution in [0.1, 0.15) is 355 Å². The van der Waals surface area contributed by atoms with Gasteiger partial charge in [-0.1, -0.05) is 338 Å². The summed E-state index contributed by atoms with van der Waals surface area (Å²) in [5.41, 5.74) is 0. The first kappa shape index (κ1) is 75.8. The number of carbonyl (C=O) groups is 3. The molecule has 6 heteroatoms. The van der Waals surface area contributed by atoms with Crippen LogP contribution in [0.15, 0.2) is 72.9 Å². The number of ether oxygens (including phenoxy) is 3. The maximum atomic E-state index is 12.9. The van der Waals surface area contributed by atoms with E-state index in [-0.39, 0.29) is 31.1 Å². The number of unbranched alkanes of at least 4 members (excludes halogenated alkanes) is 40. The highest BCUT2D eigenvalue weighted by molar-refractivity contribution is 5.71. The lowest BCUT2D eigenvalue weighted by Gasteiger charge is -2.18. The van der Waals surface area contributed by atoms with Gasteiger partial charge in [-0.2, -0.15) is 0 Å². The zero-order chi connectivity index (χ0) is 57.1. The van der Waals surface area contributed by atoms with Crippen LogP contribution in [0, 0.1) is 0 Å². The molecule has 0 amide bonds. The van der Waals surface area contributed by atoms with Gasteiger partial charge >= 0.3 is 17.9 Å². The van der Waals surface area contributed by atoms with Gasteiger partial charge in [0.05, 0.1) is 0 Å². The van der Waals surface area contributed by atoms with E-state index in [0.29, 0.717) is 19.3 Å². The molecule has 1 unspecified atom stereocenters. The van der Waals surface area contributed by atoms with Crippen molar-refractivity contribution in [3.8, 4) is 0 Å². The normalized spacial score (nSPS) is 12.5. The molecule has 0 aliphatic heterocycles. The van der Waals surface area contributed by atoms with Crippen molar-refractivity contribution in [2.75, 3.05) is 13.2 Å². The maximum absolute atomic E-state index is 12.9. The van der Waals surface area contributed by atoms with E-state index in [4.69, 9.17) is 14.2 Å². The second kappa shape index (κ2) is 67.4. The summed E-state index contributed by atoms with van der Waals surface area (Å²) in [6.45, 7) is 6.58. The molecule has 79 heavy (non-hydrogen) atoms. The molecule has 0 spiro atoms. The van der Waals surface area contributed by atoms with E-state index in [9.17, 15) is 14.4 Å². The second-order valence-corrected chi connectivity index (χ2v) is 23.1. The molecule has 0 bridgehead atoms. The average molecular weight is 1100 g/mol. The summed E-state index contributed by atoms with van der Waals surface area (Å²) in [7, 11) is 0. The van der Waals surface area contributed by atoms with E-state index in [1.165, 1.54) is 218 Å². The molecular formula is C73H130O6. The van der Waals surface area contributed by atoms with Crippen LogP contribution in [0.25, 0.3) is 0 Å². The summed E-state index contributed by atoms with van der Waals surface area (Å²) in [5, 5.41) is 0. The van der Waals surface area contributed by atoms with Gasteiger partial charge in [-0.3, -0.25) is 14.4 Å². The van der Waals surface area contributed by atoms with Gasteiger partial charge in [-0.05, 0) is 70.6 Å².